The Morgan fingerprint density at radius 3 is 1.66 bits per heavy atom. The Balaban J connectivity index is 1.30. The average Bonchev–Trinajstić information content (AvgIpc) is 3.53. The van der Waals surface area contributed by atoms with Crippen molar-refractivity contribution in [1.29, 1.82) is 0 Å². The van der Waals surface area contributed by atoms with E-state index in [1.165, 1.54) is 16.3 Å². The van der Waals surface area contributed by atoms with Crippen LogP contribution in [0.2, 0.25) is 0 Å². The Bertz CT molecular complexity index is 2550. The van der Waals surface area contributed by atoms with E-state index in [-0.39, 0.29) is 0 Å². The van der Waals surface area contributed by atoms with Crippen LogP contribution in [0.1, 0.15) is 0 Å². The van der Waals surface area contributed by atoms with E-state index in [1.807, 2.05) is 54.6 Å². The summed E-state index contributed by atoms with van der Waals surface area (Å²) in [7, 11) is 0. The lowest BCUT2D eigenvalue weighted by Gasteiger charge is -2.12. The Morgan fingerprint density at radius 2 is 0.894 bits per heavy atom. The second kappa shape index (κ2) is 11.2. The van der Waals surface area contributed by atoms with Crippen LogP contribution in [0.5, 0.6) is 0 Å². The van der Waals surface area contributed by atoms with Gasteiger partial charge >= 0.3 is 0 Å². The summed E-state index contributed by atoms with van der Waals surface area (Å²) in [5.41, 5.74) is 8.84. The van der Waals surface area contributed by atoms with Crippen LogP contribution in [0.4, 0.5) is 0 Å². The number of benzene rings is 7. The summed E-state index contributed by atoms with van der Waals surface area (Å²) in [6, 6.07) is 56.3. The summed E-state index contributed by atoms with van der Waals surface area (Å²) in [4.78, 5) is 15.3. The first-order chi connectivity index (χ1) is 23.3. The van der Waals surface area contributed by atoms with Gasteiger partial charge in [0.2, 0.25) is 0 Å². The van der Waals surface area contributed by atoms with Crippen LogP contribution in [-0.2, 0) is 0 Å². The lowest BCUT2D eigenvalue weighted by Crippen LogP contribution is -2.00. The highest BCUT2D eigenvalue weighted by Crippen LogP contribution is 2.41. The SMILES string of the molecule is c1ccc(-c2ccc(-c3nc(-c4ccccc4)nc(-c4cc(-c5cccc6ccccc56)cc5oc6ccccc6c45)n3)cc2)cc1. The second-order valence-corrected chi connectivity index (χ2v) is 11.6. The fourth-order valence-corrected chi connectivity index (χ4v) is 6.45. The van der Waals surface area contributed by atoms with Gasteiger partial charge < -0.3 is 4.42 Å². The first-order valence-corrected chi connectivity index (χ1v) is 15.7. The summed E-state index contributed by atoms with van der Waals surface area (Å²) in [6.07, 6.45) is 0. The van der Waals surface area contributed by atoms with E-state index in [0.29, 0.717) is 17.5 Å². The summed E-state index contributed by atoms with van der Waals surface area (Å²) < 4.78 is 6.50. The molecule has 0 bridgehead atoms. The minimum Gasteiger partial charge on any atom is -0.456 e. The molecule has 2 aromatic heterocycles. The highest BCUT2D eigenvalue weighted by Gasteiger charge is 2.20. The van der Waals surface area contributed by atoms with Gasteiger partial charge in [0.15, 0.2) is 17.5 Å². The average molecular weight is 602 g/mol. The zero-order valence-electron chi connectivity index (χ0n) is 25.3. The molecular formula is C43H27N3O. The van der Waals surface area contributed by atoms with Crippen molar-refractivity contribution in [2.45, 2.75) is 0 Å². The smallest absolute Gasteiger partial charge is 0.164 e. The fraction of sp³-hybridized carbons (Fsp3) is 0. The van der Waals surface area contributed by atoms with Crippen LogP contribution in [0.25, 0.3) is 89.1 Å². The van der Waals surface area contributed by atoms with Crippen molar-refractivity contribution in [1.82, 2.24) is 15.0 Å². The number of hydrogen-bond acceptors (Lipinski definition) is 4. The summed E-state index contributed by atoms with van der Waals surface area (Å²) in [5.74, 6) is 1.83. The zero-order chi connectivity index (χ0) is 31.2. The van der Waals surface area contributed by atoms with Crippen LogP contribution < -0.4 is 0 Å². The molecule has 7 aromatic carbocycles. The molecule has 220 valence electrons. The van der Waals surface area contributed by atoms with Crippen molar-refractivity contribution < 1.29 is 4.42 Å². The summed E-state index contributed by atoms with van der Waals surface area (Å²) >= 11 is 0. The van der Waals surface area contributed by atoms with Gasteiger partial charge in [-0.05, 0) is 51.2 Å². The second-order valence-electron chi connectivity index (χ2n) is 11.6. The number of para-hydroxylation sites is 1. The largest absolute Gasteiger partial charge is 0.456 e. The molecule has 0 N–H and O–H groups in total. The van der Waals surface area contributed by atoms with Gasteiger partial charge in [-0.15, -0.1) is 0 Å². The molecule has 0 aliphatic carbocycles. The van der Waals surface area contributed by atoms with Crippen LogP contribution in [0.15, 0.2) is 168 Å². The van der Waals surface area contributed by atoms with Crippen LogP contribution in [0, 0.1) is 0 Å². The molecule has 0 fully saturated rings. The topological polar surface area (TPSA) is 51.8 Å². The summed E-state index contributed by atoms with van der Waals surface area (Å²) in [5, 5.41) is 4.37. The van der Waals surface area contributed by atoms with E-state index in [0.717, 1.165) is 55.3 Å². The number of nitrogens with zero attached hydrogens (tertiary/aromatic N) is 3. The first kappa shape index (κ1) is 27.0. The lowest BCUT2D eigenvalue weighted by atomic mass is 9.94. The Kier molecular flexibility index (Phi) is 6.43. The number of aromatic nitrogens is 3. The van der Waals surface area contributed by atoms with Gasteiger partial charge in [-0.1, -0.05) is 146 Å². The van der Waals surface area contributed by atoms with E-state index >= 15 is 0 Å². The van der Waals surface area contributed by atoms with E-state index < -0.39 is 0 Å². The number of hydrogen-bond donors (Lipinski definition) is 0. The molecule has 0 radical (unpaired) electrons. The standard InChI is InChI=1S/C43H27N3O/c1-3-12-28(13-4-1)29-22-24-32(25-23-29)42-44-41(31-15-5-2-6-16-31)45-43(46-42)37-26-33(35-20-11-17-30-14-7-8-18-34(30)35)27-39-40(37)36-19-9-10-21-38(36)47-39/h1-27H. The first-order valence-electron chi connectivity index (χ1n) is 15.7. The van der Waals surface area contributed by atoms with Crippen molar-refractivity contribution >= 4 is 32.7 Å². The number of fused-ring (bicyclic) bond motifs is 4. The highest BCUT2D eigenvalue weighted by atomic mass is 16.3. The van der Waals surface area contributed by atoms with Gasteiger partial charge in [0.05, 0.1) is 0 Å². The van der Waals surface area contributed by atoms with Crippen molar-refractivity contribution in [2.75, 3.05) is 0 Å². The molecule has 0 atom stereocenters. The fourth-order valence-electron chi connectivity index (χ4n) is 6.45. The number of rotatable bonds is 5. The lowest BCUT2D eigenvalue weighted by molar-refractivity contribution is 0.669. The predicted molar refractivity (Wildman–Crippen MR) is 192 cm³/mol. The predicted octanol–water partition coefficient (Wildman–Crippen LogP) is 11.3. The molecule has 0 unspecified atom stereocenters. The van der Waals surface area contributed by atoms with Gasteiger partial charge in [0, 0.05) is 27.5 Å². The molecule has 0 saturated heterocycles. The Morgan fingerprint density at radius 1 is 0.340 bits per heavy atom. The van der Waals surface area contributed by atoms with E-state index in [2.05, 4.69) is 109 Å². The molecule has 0 saturated carbocycles. The van der Waals surface area contributed by atoms with E-state index in [1.54, 1.807) is 0 Å². The van der Waals surface area contributed by atoms with Crippen LogP contribution in [-0.4, -0.2) is 15.0 Å². The number of furan rings is 1. The van der Waals surface area contributed by atoms with Crippen molar-refractivity contribution in [3.05, 3.63) is 164 Å². The highest BCUT2D eigenvalue weighted by molar-refractivity contribution is 6.14. The normalized spacial score (nSPS) is 11.4. The zero-order valence-corrected chi connectivity index (χ0v) is 25.3. The maximum absolute atomic E-state index is 6.50. The van der Waals surface area contributed by atoms with Gasteiger partial charge in [-0.3, -0.25) is 0 Å². The van der Waals surface area contributed by atoms with Crippen LogP contribution in [0.3, 0.4) is 0 Å². The van der Waals surface area contributed by atoms with Crippen molar-refractivity contribution in [2.24, 2.45) is 0 Å². The molecule has 0 aliphatic rings. The Hall–Kier alpha value is -6.39. The molecule has 4 heteroatoms. The molecule has 47 heavy (non-hydrogen) atoms. The Labute approximate surface area is 271 Å². The third kappa shape index (κ3) is 4.84. The monoisotopic (exact) mass is 601 g/mol. The van der Waals surface area contributed by atoms with Crippen molar-refractivity contribution in [3.63, 3.8) is 0 Å². The molecular weight excluding hydrogens is 574 g/mol. The van der Waals surface area contributed by atoms with E-state index in [9.17, 15) is 0 Å². The van der Waals surface area contributed by atoms with Gasteiger partial charge in [-0.2, -0.15) is 0 Å². The minimum atomic E-state index is 0.597. The quantitative estimate of drug-likeness (QED) is 0.197. The molecule has 9 aromatic rings. The van der Waals surface area contributed by atoms with Gasteiger partial charge in [0.1, 0.15) is 11.2 Å². The third-order valence-electron chi connectivity index (χ3n) is 8.74. The van der Waals surface area contributed by atoms with Gasteiger partial charge in [0.25, 0.3) is 0 Å². The van der Waals surface area contributed by atoms with E-state index in [4.69, 9.17) is 19.4 Å². The van der Waals surface area contributed by atoms with Crippen molar-refractivity contribution in [3.8, 4) is 56.4 Å². The minimum absolute atomic E-state index is 0.597. The van der Waals surface area contributed by atoms with Crippen LogP contribution >= 0.6 is 0 Å². The molecule has 0 amide bonds. The molecule has 9 rings (SSSR count). The summed E-state index contributed by atoms with van der Waals surface area (Å²) in [6.45, 7) is 0. The maximum Gasteiger partial charge on any atom is 0.164 e. The molecule has 2 heterocycles. The maximum atomic E-state index is 6.50. The molecule has 0 spiro atoms. The molecule has 4 nitrogen and oxygen atoms in total. The third-order valence-corrected chi connectivity index (χ3v) is 8.74. The van der Waals surface area contributed by atoms with Gasteiger partial charge in [-0.25, -0.2) is 15.0 Å². The molecule has 0 aliphatic heterocycles.